The number of allylic oxidation sites excluding steroid dienone is 1. The van der Waals surface area contributed by atoms with Crippen molar-refractivity contribution >= 4 is 5.91 Å². The number of amides is 1. The van der Waals surface area contributed by atoms with Gasteiger partial charge in [-0.25, -0.2) is 4.39 Å². The molecule has 1 saturated heterocycles. The summed E-state index contributed by atoms with van der Waals surface area (Å²) >= 11 is 0. The van der Waals surface area contributed by atoms with Crippen molar-refractivity contribution in [3.05, 3.63) is 25.1 Å². The number of hydrogen-bond acceptors (Lipinski definition) is 1. The van der Waals surface area contributed by atoms with E-state index >= 15 is 0 Å². The fraction of sp³-hybridized carbons (Fsp3) is 0.643. The lowest BCUT2D eigenvalue weighted by molar-refractivity contribution is -0.129. The van der Waals surface area contributed by atoms with E-state index in [2.05, 4.69) is 27.0 Å². The minimum absolute atomic E-state index is 0.0465. The molecule has 0 aromatic heterocycles. The number of likely N-dealkylation sites (tertiary alicyclic amines) is 1. The van der Waals surface area contributed by atoms with Crippen LogP contribution in [-0.4, -0.2) is 23.9 Å². The molecule has 0 N–H and O–H groups in total. The Morgan fingerprint density at radius 3 is 2.71 bits per heavy atom. The first-order chi connectivity index (χ1) is 7.88. The monoisotopic (exact) mass is 239 g/mol. The van der Waals surface area contributed by atoms with Crippen molar-refractivity contribution in [2.45, 2.75) is 33.1 Å². The van der Waals surface area contributed by atoms with Gasteiger partial charge in [0.25, 0.3) is 5.91 Å². The van der Waals surface area contributed by atoms with E-state index in [4.69, 9.17) is 0 Å². The van der Waals surface area contributed by atoms with Crippen LogP contribution in [0.2, 0.25) is 0 Å². The van der Waals surface area contributed by atoms with Gasteiger partial charge in [-0.1, -0.05) is 26.5 Å². The van der Waals surface area contributed by atoms with Crippen molar-refractivity contribution in [3.8, 4) is 0 Å². The van der Waals surface area contributed by atoms with E-state index in [0.717, 1.165) is 19.3 Å². The molecular weight excluding hydrogens is 217 g/mol. The maximum Gasteiger partial charge on any atom is 0.281 e. The summed E-state index contributed by atoms with van der Waals surface area (Å²) in [4.78, 5) is 13.2. The summed E-state index contributed by atoms with van der Waals surface area (Å²) in [6.45, 7) is 12.4. The third kappa shape index (κ3) is 3.69. The quantitative estimate of drug-likeness (QED) is 0.535. The molecule has 2 unspecified atom stereocenters. The van der Waals surface area contributed by atoms with Crippen LogP contribution in [0.15, 0.2) is 25.1 Å². The summed E-state index contributed by atoms with van der Waals surface area (Å²) in [6, 6.07) is 0. The first kappa shape index (κ1) is 13.9. The van der Waals surface area contributed by atoms with Gasteiger partial charge in [-0.15, -0.1) is 6.58 Å². The molecule has 1 aliphatic heterocycles. The summed E-state index contributed by atoms with van der Waals surface area (Å²) < 4.78 is 12.9. The Labute approximate surface area is 103 Å². The third-order valence-electron chi connectivity index (χ3n) is 3.71. The van der Waals surface area contributed by atoms with E-state index in [1.165, 1.54) is 0 Å². The number of carbonyl (C=O) groups is 1. The van der Waals surface area contributed by atoms with Crippen LogP contribution in [0, 0.1) is 11.3 Å². The van der Waals surface area contributed by atoms with Crippen LogP contribution in [0.25, 0.3) is 0 Å². The van der Waals surface area contributed by atoms with Crippen LogP contribution in [0.1, 0.15) is 33.1 Å². The fourth-order valence-corrected chi connectivity index (χ4v) is 2.21. The average Bonchev–Trinajstić information content (AvgIpc) is 2.29. The second-order valence-corrected chi connectivity index (χ2v) is 5.41. The molecule has 0 spiro atoms. The molecule has 3 heteroatoms. The lowest BCUT2D eigenvalue weighted by Gasteiger charge is -2.35. The minimum Gasteiger partial charge on any atom is -0.336 e. The molecule has 0 aromatic rings. The molecule has 0 aromatic carbocycles. The van der Waals surface area contributed by atoms with Gasteiger partial charge < -0.3 is 4.90 Å². The van der Waals surface area contributed by atoms with E-state index < -0.39 is 11.7 Å². The van der Waals surface area contributed by atoms with Crippen LogP contribution in [-0.2, 0) is 4.79 Å². The highest BCUT2D eigenvalue weighted by molar-refractivity contribution is 5.90. The SMILES string of the molecule is C=CC1(C)CCC(C)CN(C(=O)C(=C)F)CC1. The van der Waals surface area contributed by atoms with Crippen molar-refractivity contribution in [3.63, 3.8) is 0 Å². The van der Waals surface area contributed by atoms with Gasteiger partial charge in [-0.05, 0) is 30.6 Å². The number of halogens is 1. The van der Waals surface area contributed by atoms with E-state index in [0.29, 0.717) is 19.0 Å². The Balaban J connectivity index is 2.77. The topological polar surface area (TPSA) is 20.3 Å². The molecule has 0 bridgehead atoms. The lowest BCUT2D eigenvalue weighted by Crippen LogP contribution is -2.39. The highest BCUT2D eigenvalue weighted by Gasteiger charge is 2.28. The second kappa shape index (κ2) is 5.48. The maximum atomic E-state index is 12.9. The Kier molecular flexibility index (Phi) is 4.49. The molecule has 0 radical (unpaired) electrons. The molecule has 1 rings (SSSR count). The van der Waals surface area contributed by atoms with Crippen molar-refractivity contribution in [1.82, 2.24) is 4.90 Å². The van der Waals surface area contributed by atoms with E-state index in [1.807, 2.05) is 6.08 Å². The average molecular weight is 239 g/mol. The molecule has 1 heterocycles. The maximum absolute atomic E-state index is 12.9. The zero-order valence-corrected chi connectivity index (χ0v) is 10.8. The zero-order chi connectivity index (χ0) is 13.1. The van der Waals surface area contributed by atoms with Gasteiger partial charge in [0.05, 0.1) is 0 Å². The predicted molar refractivity (Wildman–Crippen MR) is 68.1 cm³/mol. The molecule has 1 fully saturated rings. The number of hydrogen-bond donors (Lipinski definition) is 0. The second-order valence-electron chi connectivity index (χ2n) is 5.41. The highest BCUT2D eigenvalue weighted by atomic mass is 19.1. The van der Waals surface area contributed by atoms with Gasteiger partial charge in [0.1, 0.15) is 0 Å². The predicted octanol–water partition coefficient (Wildman–Crippen LogP) is 3.31. The van der Waals surface area contributed by atoms with Crippen LogP contribution in [0.3, 0.4) is 0 Å². The first-order valence-electron chi connectivity index (χ1n) is 6.15. The van der Waals surface area contributed by atoms with Crippen LogP contribution >= 0.6 is 0 Å². The molecule has 1 aliphatic rings. The van der Waals surface area contributed by atoms with Crippen molar-refractivity contribution < 1.29 is 9.18 Å². The van der Waals surface area contributed by atoms with Gasteiger partial charge in [0.2, 0.25) is 0 Å². The van der Waals surface area contributed by atoms with Crippen LogP contribution < -0.4 is 0 Å². The Bertz CT molecular complexity index is 326. The summed E-state index contributed by atoms with van der Waals surface area (Å²) in [5.74, 6) is -1.04. The Morgan fingerprint density at radius 2 is 2.18 bits per heavy atom. The lowest BCUT2D eigenvalue weighted by atomic mass is 9.79. The van der Waals surface area contributed by atoms with Crippen molar-refractivity contribution in [2.24, 2.45) is 11.3 Å². The van der Waals surface area contributed by atoms with Crippen molar-refractivity contribution in [2.75, 3.05) is 13.1 Å². The smallest absolute Gasteiger partial charge is 0.281 e. The largest absolute Gasteiger partial charge is 0.336 e. The van der Waals surface area contributed by atoms with E-state index in [9.17, 15) is 9.18 Å². The summed E-state index contributed by atoms with van der Waals surface area (Å²) in [6.07, 6.45) is 4.90. The minimum atomic E-state index is -0.863. The summed E-state index contributed by atoms with van der Waals surface area (Å²) in [7, 11) is 0. The van der Waals surface area contributed by atoms with E-state index in [1.54, 1.807) is 4.90 Å². The first-order valence-corrected chi connectivity index (χ1v) is 6.15. The molecule has 0 aliphatic carbocycles. The van der Waals surface area contributed by atoms with Gasteiger partial charge in [0.15, 0.2) is 5.83 Å². The van der Waals surface area contributed by atoms with Crippen LogP contribution in [0.4, 0.5) is 4.39 Å². The van der Waals surface area contributed by atoms with Gasteiger partial charge >= 0.3 is 0 Å². The van der Waals surface area contributed by atoms with Crippen molar-refractivity contribution in [1.29, 1.82) is 0 Å². The Morgan fingerprint density at radius 1 is 1.53 bits per heavy atom. The zero-order valence-electron chi connectivity index (χ0n) is 10.8. The number of carbonyl (C=O) groups excluding carboxylic acids is 1. The van der Waals surface area contributed by atoms with Gasteiger partial charge in [-0.3, -0.25) is 4.79 Å². The number of nitrogens with zero attached hydrogens (tertiary/aromatic N) is 1. The fourth-order valence-electron chi connectivity index (χ4n) is 2.21. The summed E-state index contributed by atoms with van der Waals surface area (Å²) in [5.41, 5.74) is 0.0465. The molecular formula is C14H22FNO. The van der Waals surface area contributed by atoms with Gasteiger partial charge in [-0.2, -0.15) is 0 Å². The standard InChI is InChI=1S/C14H22FNO/c1-5-14(4)7-6-11(2)10-16(9-8-14)13(17)12(3)15/h5,11H,1,3,6-10H2,2,4H3. The summed E-state index contributed by atoms with van der Waals surface area (Å²) in [5, 5.41) is 0. The molecule has 2 nitrogen and oxygen atoms in total. The molecule has 1 amide bonds. The molecule has 17 heavy (non-hydrogen) atoms. The van der Waals surface area contributed by atoms with Gasteiger partial charge in [0, 0.05) is 13.1 Å². The van der Waals surface area contributed by atoms with E-state index in [-0.39, 0.29) is 5.41 Å². The normalized spacial score (nSPS) is 30.3. The molecule has 96 valence electrons. The third-order valence-corrected chi connectivity index (χ3v) is 3.71. The number of rotatable bonds is 2. The molecule has 0 saturated carbocycles. The highest BCUT2D eigenvalue weighted by Crippen LogP contribution is 2.33. The molecule has 2 atom stereocenters. The Hall–Kier alpha value is -1.12. The van der Waals surface area contributed by atoms with Crippen LogP contribution in [0.5, 0.6) is 0 Å².